The lowest BCUT2D eigenvalue weighted by Gasteiger charge is -2.18. The fraction of sp³-hybridized carbons (Fsp3) is 0.200. The molecule has 112 valence electrons. The maximum absolute atomic E-state index is 13.2. The number of hydrogen-bond acceptors (Lipinski definition) is 4. The number of ether oxygens (including phenoxy) is 2. The Morgan fingerprint density at radius 1 is 0.810 bits per heavy atom. The number of rotatable bonds is 5. The number of methoxy groups -OCH3 is 2. The van der Waals surface area contributed by atoms with E-state index in [2.05, 4.69) is 0 Å². The molecule has 21 heavy (non-hydrogen) atoms. The molecule has 0 bridgehead atoms. The highest BCUT2D eigenvalue weighted by atomic mass is 31.2. The monoisotopic (exact) mass is 306 g/mol. The van der Waals surface area contributed by atoms with Gasteiger partial charge < -0.3 is 14.0 Å². The third-order valence-electron chi connectivity index (χ3n) is 3.03. The first-order valence-electron chi connectivity index (χ1n) is 6.09. The maximum atomic E-state index is 13.2. The van der Waals surface area contributed by atoms with Gasteiger partial charge in [-0.3, -0.25) is 4.57 Å². The molecule has 0 aliphatic carbocycles. The molecular weight excluding hydrogens is 286 g/mol. The molecule has 0 heterocycles. The minimum Gasteiger partial charge on any atom is -0.497 e. The summed E-state index contributed by atoms with van der Waals surface area (Å²) >= 11 is 0. The van der Waals surface area contributed by atoms with Gasteiger partial charge in [0.2, 0.25) is 0 Å². The Balaban J connectivity index is 0.00000220. The summed E-state index contributed by atoms with van der Waals surface area (Å²) in [6, 6.07) is 14.3. The molecule has 2 aromatic carbocycles. The number of hydrogen-bond donors (Lipinski definition) is 0. The van der Waals surface area contributed by atoms with Gasteiger partial charge in [-0.05, 0) is 24.3 Å². The summed E-state index contributed by atoms with van der Waals surface area (Å²) in [5, 5.41) is 1.18. The van der Waals surface area contributed by atoms with Crippen molar-refractivity contribution in [3.63, 3.8) is 0 Å². The van der Waals surface area contributed by atoms with E-state index in [0.29, 0.717) is 22.1 Å². The second-order valence-electron chi connectivity index (χ2n) is 4.14. The van der Waals surface area contributed by atoms with Crippen molar-refractivity contribution in [2.24, 2.45) is 0 Å². The molecule has 2 rings (SSSR count). The number of benzene rings is 2. The molecule has 2 aromatic rings. The Bertz CT molecular complexity index is 609. The van der Waals surface area contributed by atoms with Crippen LogP contribution in [0.5, 0.6) is 11.5 Å². The van der Waals surface area contributed by atoms with E-state index in [0.717, 1.165) is 0 Å². The average Bonchev–Trinajstić information content (AvgIpc) is 2.54. The van der Waals surface area contributed by atoms with Gasteiger partial charge in [-0.2, -0.15) is 0 Å². The summed E-state index contributed by atoms with van der Waals surface area (Å²) in [5.74, 6) is 1.15. The van der Waals surface area contributed by atoms with Gasteiger partial charge in [-0.1, -0.05) is 18.2 Å². The van der Waals surface area contributed by atoms with Crippen LogP contribution in [0, 0.1) is 0 Å². The zero-order chi connectivity index (χ0) is 14.6. The van der Waals surface area contributed by atoms with Crippen molar-refractivity contribution in [1.29, 1.82) is 0 Å². The molecule has 0 spiro atoms. The van der Waals surface area contributed by atoms with Crippen LogP contribution in [0.25, 0.3) is 0 Å². The molecular formula is C15H20BO4P. The Kier molecular flexibility index (Phi) is 6.07. The Hall–Kier alpha value is -1.71. The molecule has 0 radical (unpaired) electrons. The summed E-state index contributed by atoms with van der Waals surface area (Å²) < 4.78 is 29.0. The zero-order valence-electron chi connectivity index (χ0n) is 11.7. The van der Waals surface area contributed by atoms with Crippen LogP contribution in [0.1, 0.15) is 0 Å². The molecule has 4 nitrogen and oxygen atoms in total. The highest BCUT2D eigenvalue weighted by Gasteiger charge is 2.28. The summed E-state index contributed by atoms with van der Waals surface area (Å²) in [6.07, 6.45) is 0. The first-order chi connectivity index (χ1) is 9.63. The highest BCUT2D eigenvalue weighted by molar-refractivity contribution is 7.74. The second kappa shape index (κ2) is 7.35. The van der Waals surface area contributed by atoms with Crippen LogP contribution in [-0.4, -0.2) is 29.7 Å². The molecule has 0 aromatic heterocycles. The summed E-state index contributed by atoms with van der Waals surface area (Å²) in [6.45, 7) is 0. The van der Waals surface area contributed by atoms with Gasteiger partial charge in [0.15, 0.2) is 0 Å². The SMILES string of the molecule is B.COc1cc(OC)cc(P(=O)(OC)c2ccccc2)c1. The van der Waals surface area contributed by atoms with E-state index >= 15 is 0 Å². The summed E-state index contributed by atoms with van der Waals surface area (Å²) in [4.78, 5) is 0. The molecule has 0 saturated heterocycles. The van der Waals surface area contributed by atoms with Crippen LogP contribution in [0.3, 0.4) is 0 Å². The van der Waals surface area contributed by atoms with Crippen LogP contribution >= 0.6 is 7.37 Å². The molecule has 1 unspecified atom stereocenters. The van der Waals surface area contributed by atoms with Crippen molar-refractivity contribution in [2.75, 3.05) is 21.3 Å². The molecule has 6 heteroatoms. The lowest BCUT2D eigenvalue weighted by Crippen LogP contribution is -2.17. The van der Waals surface area contributed by atoms with Crippen molar-refractivity contribution in [3.8, 4) is 11.5 Å². The van der Waals surface area contributed by atoms with Crippen molar-refractivity contribution in [2.45, 2.75) is 0 Å². The lowest BCUT2D eigenvalue weighted by molar-refractivity contribution is 0.393. The van der Waals surface area contributed by atoms with Crippen molar-refractivity contribution >= 4 is 26.4 Å². The predicted molar refractivity (Wildman–Crippen MR) is 89.8 cm³/mol. The van der Waals surface area contributed by atoms with Crippen LogP contribution in [-0.2, 0) is 9.09 Å². The predicted octanol–water partition coefficient (Wildman–Crippen LogP) is 1.40. The van der Waals surface area contributed by atoms with Crippen LogP contribution in [0.4, 0.5) is 0 Å². The van der Waals surface area contributed by atoms with Crippen molar-refractivity contribution in [3.05, 3.63) is 48.5 Å². The molecule has 0 aliphatic heterocycles. The van der Waals surface area contributed by atoms with E-state index in [4.69, 9.17) is 14.0 Å². The molecule has 0 amide bonds. The topological polar surface area (TPSA) is 44.8 Å². The van der Waals surface area contributed by atoms with Crippen molar-refractivity contribution in [1.82, 2.24) is 0 Å². The standard InChI is InChI=1S/C15H17O4P.BH3/c1-17-12-9-13(18-2)11-15(10-12)20(16,19-3)14-7-5-4-6-8-14;/h4-11H,1-3H3;1H3. The minimum atomic E-state index is -3.15. The van der Waals surface area contributed by atoms with Crippen molar-refractivity contribution < 1.29 is 18.6 Å². The van der Waals surface area contributed by atoms with Gasteiger partial charge in [-0.25, -0.2) is 0 Å². The largest absolute Gasteiger partial charge is 0.497 e. The van der Waals surface area contributed by atoms with E-state index in [1.54, 1.807) is 44.6 Å². The molecule has 0 aliphatic rings. The third kappa shape index (κ3) is 3.49. The quantitative estimate of drug-likeness (QED) is 0.619. The Morgan fingerprint density at radius 3 is 1.76 bits per heavy atom. The first-order valence-corrected chi connectivity index (χ1v) is 7.71. The first kappa shape index (κ1) is 17.3. The van der Waals surface area contributed by atoms with Crippen LogP contribution in [0.2, 0.25) is 0 Å². The fourth-order valence-corrected chi connectivity index (χ4v) is 3.83. The summed E-state index contributed by atoms with van der Waals surface area (Å²) in [5.41, 5.74) is 0. The van der Waals surface area contributed by atoms with Gasteiger partial charge in [0.25, 0.3) is 7.37 Å². The van der Waals surface area contributed by atoms with Gasteiger partial charge >= 0.3 is 0 Å². The Labute approximate surface area is 127 Å². The zero-order valence-corrected chi connectivity index (χ0v) is 12.6. The minimum absolute atomic E-state index is 0. The van der Waals surface area contributed by atoms with Gasteiger partial charge in [0.05, 0.1) is 22.6 Å². The molecule has 0 N–H and O–H groups in total. The summed E-state index contributed by atoms with van der Waals surface area (Å²) in [7, 11) is 1.41. The highest BCUT2D eigenvalue weighted by Crippen LogP contribution is 2.45. The van der Waals surface area contributed by atoms with E-state index in [-0.39, 0.29) is 8.41 Å². The van der Waals surface area contributed by atoms with Crippen LogP contribution in [0.15, 0.2) is 48.5 Å². The molecule has 1 atom stereocenters. The normalized spacial score (nSPS) is 12.9. The van der Waals surface area contributed by atoms with E-state index < -0.39 is 7.37 Å². The Morgan fingerprint density at radius 2 is 1.33 bits per heavy atom. The van der Waals surface area contributed by atoms with Gasteiger partial charge in [0.1, 0.15) is 11.5 Å². The van der Waals surface area contributed by atoms with E-state index in [1.165, 1.54) is 7.11 Å². The second-order valence-corrected chi connectivity index (χ2v) is 6.64. The van der Waals surface area contributed by atoms with E-state index in [9.17, 15) is 4.57 Å². The molecule has 0 fully saturated rings. The smallest absolute Gasteiger partial charge is 0.261 e. The van der Waals surface area contributed by atoms with Crippen LogP contribution < -0.4 is 20.1 Å². The third-order valence-corrected chi connectivity index (χ3v) is 5.46. The fourth-order valence-electron chi connectivity index (χ4n) is 1.95. The lowest BCUT2D eigenvalue weighted by atomic mass is 10.3. The average molecular weight is 306 g/mol. The maximum Gasteiger partial charge on any atom is 0.261 e. The molecule has 0 saturated carbocycles. The van der Waals surface area contributed by atoms with Gasteiger partial charge in [0, 0.05) is 23.8 Å². The van der Waals surface area contributed by atoms with Gasteiger partial charge in [-0.15, -0.1) is 0 Å². The van der Waals surface area contributed by atoms with E-state index in [1.807, 2.05) is 18.2 Å².